The summed E-state index contributed by atoms with van der Waals surface area (Å²) in [5.74, 6) is 0.845. The summed E-state index contributed by atoms with van der Waals surface area (Å²) in [7, 11) is 3.26. The highest BCUT2D eigenvalue weighted by molar-refractivity contribution is 6.10. The molecule has 8 nitrogen and oxygen atoms in total. The number of nitrogens with one attached hydrogen (secondary N) is 1. The van der Waals surface area contributed by atoms with Crippen molar-refractivity contribution < 1.29 is 14.3 Å². The summed E-state index contributed by atoms with van der Waals surface area (Å²) in [6.45, 7) is 1.51. The summed E-state index contributed by atoms with van der Waals surface area (Å²) in [4.78, 5) is 22.5. The molecule has 1 amide bonds. The summed E-state index contributed by atoms with van der Waals surface area (Å²) in [6.07, 6.45) is 0.710. The number of aromatic nitrogens is 3. The maximum Gasteiger partial charge on any atom is 0.257 e. The van der Waals surface area contributed by atoms with Crippen molar-refractivity contribution in [2.45, 2.75) is 13.0 Å². The lowest BCUT2D eigenvalue weighted by molar-refractivity contribution is 0.0951. The Morgan fingerprint density at radius 2 is 1.77 bits per heavy atom. The van der Waals surface area contributed by atoms with Gasteiger partial charge in [-0.15, -0.1) is 0 Å². The highest BCUT2D eigenvalue weighted by Crippen LogP contribution is 2.29. The molecule has 0 bridgehead atoms. The minimum atomic E-state index is -0.267. The first-order chi connectivity index (χ1) is 15.1. The van der Waals surface area contributed by atoms with E-state index in [0.717, 1.165) is 16.8 Å². The smallest absolute Gasteiger partial charge is 0.257 e. The normalized spacial score (nSPS) is 11.2. The molecule has 4 rings (SSSR count). The Labute approximate surface area is 180 Å². The Kier molecular flexibility index (Phi) is 5.99. The van der Waals surface area contributed by atoms with E-state index in [2.05, 4.69) is 5.32 Å². The molecule has 2 aromatic carbocycles. The molecule has 0 aliphatic rings. The van der Waals surface area contributed by atoms with Crippen molar-refractivity contribution >= 4 is 33.9 Å². The SMILES string of the molecule is COCCCNC(=O)c1c(N)n(Cc2ccc(OC)cc2)c2nc3ccccc3nc12. The third kappa shape index (κ3) is 4.15. The second-order valence-corrected chi connectivity index (χ2v) is 7.18. The number of carbonyl (C=O) groups is 1. The summed E-state index contributed by atoms with van der Waals surface area (Å²) in [5, 5.41) is 2.91. The zero-order valence-electron chi connectivity index (χ0n) is 17.6. The van der Waals surface area contributed by atoms with Gasteiger partial charge in [0.1, 0.15) is 22.6 Å². The van der Waals surface area contributed by atoms with Crippen LogP contribution in [0.1, 0.15) is 22.3 Å². The Bertz CT molecular complexity index is 1220. The van der Waals surface area contributed by atoms with Gasteiger partial charge in [-0.3, -0.25) is 4.79 Å². The van der Waals surface area contributed by atoms with Gasteiger partial charge < -0.3 is 25.1 Å². The minimum absolute atomic E-state index is 0.267. The van der Waals surface area contributed by atoms with Crippen LogP contribution in [0.4, 0.5) is 5.82 Å². The van der Waals surface area contributed by atoms with E-state index in [1.54, 1.807) is 14.2 Å². The van der Waals surface area contributed by atoms with Gasteiger partial charge in [0.15, 0.2) is 5.65 Å². The van der Waals surface area contributed by atoms with E-state index < -0.39 is 0 Å². The molecule has 0 fully saturated rings. The van der Waals surface area contributed by atoms with Gasteiger partial charge in [0.2, 0.25) is 0 Å². The number of anilines is 1. The largest absolute Gasteiger partial charge is 0.497 e. The molecule has 3 N–H and O–H groups in total. The number of methoxy groups -OCH3 is 2. The van der Waals surface area contributed by atoms with Crippen LogP contribution >= 0.6 is 0 Å². The van der Waals surface area contributed by atoms with Crippen LogP contribution in [0.25, 0.3) is 22.2 Å². The van der Waals surface area contributed by atoms with E-state index in [0.29, 0.717) is 54.2 Å². The second-order valence-electron chi connectivity index (χ2n) is 7.18. The molecule has 8 heteroatoms. The van der Waals surface area contributed by atoms with E-state index in [-0.39, 0.29) is 5.91 Å². The molecular formula is C23H25N5O3. The lowest BCUT2D eigenvalue weighted by atomic mass is 10.2. The molecule has 2 aromatic heterocycles. The van der Waals surface area contributed by atoms with Crippen molar-refractivity contribution in [3.05, 3.63) is 59.7 Å². The maximum absolute atomic E-state index is 13.0. The molecule has 0 spiro atoms. The number of nitrogens with zero attached hydrogens (tertiary/aromatic N) is 3. The van der Waals surface area contributed by atoms with E-state index in [1.165, 1.54) is 0 Å². The average molecular weight is 419 g/mol. The standard InChI is InChI=1S/C23H25N5O3/c1-30-13-5-12-25-23(29)19-20-22(27-18-7-4-3-6-17(18)26-20)28(21(19)24)14-15-8-10-16(31-2)11-9-15/h3-4,6-11H,5,12-14,24H2,1-2H3,(H,25,29). The number of ether oxygens (including phenoxy) is 2. The summed E-state index contributed by atoms with van der Waals surface area (Å²) in [6, 6.07) is 15.3. The van der Waals surface area contributed by atoms with Crippen LogP contribution < -0.4 is 15.8 Å². The Balaban J connectivity index is 1.79. The molecule has 0 aliphatic carbocycles. The summed E-state index contributed by atoms with van der Waals surface area (Å²) in [5.41, 5.74) is 10.4. The number of amides is 1. The number of nitrogen functional groups attached to an aromatic ring is 1. The van der Waals surface area contributed by atoms with Crippen LogP contribution in [0.15, 0.2) is 48.5 Å². The quantitative estimate of drug-likeness (QED) is 0.426. The lowest BCUT2D eigenvalue weighted by Gasteiger charge is -2.09. The molecule has 0 aliphatic heterocycles. The minimum Gasteiger partial charge on any atom is -0.497 e. The van der Waals surface area contributed by atoms with Gasteiger partial charge in [0.05, 0.1) is 24.7 Å². The van der Waals surface area contributed by atoms with Crippen LogP contribution in [-0.2, 0) is 11.3 Å². The number of hydrogen-bond acceptors (Lipinski definition) is 6. The van der Waals surface area contributed by atoms with Gasteiger partial charge in [-0.1, -0.05) is 24.3 Å². The molecule has 0 atom stereocenters. The molecule has 0 unspecified atom stereocenters. The van der Waals surface area contributed by atoms with E-state index >= 15 is 0 Å². The second kappa shape index (κ2) is 9.01. The molecule has 160 valence electrons. The van der Waals surface area contributed by atoms with Crippen LogP contribution in [0.5, 0.6) is 5.75 Å². The molecule has 0 saturated heterocycles. The van der Waals surface area contributed by atoms with Crippen molar-refractivity contribution in [2.24, 2.45) is 0 Å². The fourth-order valence-corrected chi connectivity index (χ4v) is 3.52. The molecule has 0 radical (unpaired) electrons. The first-order valence-corrected chi connectivity index (χ1v) is 10.1. The average Bonchev–Trinajstić information content (AvgIpc) is 3.06. The number of fused-ring (bicyclic) bond motifs is 2. The van der Waals surface area contributed by atoms with Gasteiger partial charge >= 0.3 is 0 Å². The van der Waals surface area contributed by atoms with E-state index in [9.17, 15) is 4.79 Å². The Hall–Kier alpha value is -3.65. The fraction of sp³-hybridized carbons (Fsp3) is 0.261. The van der Waals surface area contributed by atoms with Crippen molar-refractivity contribution in [1.29, 1.82) is 0 Å². The highest BCUT2D eigenvalue weighted by Gasteiger charge is 2.24. The fourth-order valence-electron chi connectivity index (χ4n) is 3.52. The van der Waals surface area contributed by atoms with Crippen LogP contribution in [0.3, 0.4) is 0 Å². The van der Waals surface area contributed by atoms with Crippen LogP contribution in [0.2, 0.25) is 0 Å². The summed E-state index contributed by atoms with van der Waals surface area (Å²) >= 11 is 0. The zero-order valence-corrected chi connectivity index (χ0v) is 17.6. The number of nitrogens with two attached hydrogens (primary N) is 1. The predicted molar refractivity (Wildman–Crippen MR) is 120 cm³/mol. The van der Waals surface area contributed by atoms with Gasteiger partial charge in [0, 0.05) is 20.3 Å². The number of rotatable bonds is 8. The zero-order chi connectivity index (χ0) is 21.8. The predicted octanol–water partition coefficient (Wildman–Crippen LogP) is 2.99. The first-order valence-electron chi connectivity index (χ1n) is 10.1. The highest BCUT2D eigenvalue weighted by atomic mass is 16.5. The van der Waals surface area contributed by atoms with Gasteiger partial charge in [0.25, 0.3) is 5.91 Å². The van der Waals surface area contributed by atoms with Gasteiger partial charge in [-0.2, -0.15) is 0 Å². The van der Waals surface area contributed by atoms with E-state index in [4.69, 9.17) is 25.2 Å². The molecule has 2 heterocycles. The van der Waals surface area contributed by atoms with Gasteiger partial charge in [-0.25, -0.2) is 9.97 Å². The molecule has 31 heavy (non-hydrogen) atoms. The molecule has 4 aromatic rings. The van der Waals surface area contributed by atoms with Crippen LogP contribution in [0, 0.1) is 0 Å². The molecular weight excluding hydrogens is 394 g/mol. The lowest BCUT2D eigenvalue weighted by Crippen LogP contribution is -2.26. The number of hydrogen-bond donors (Lipinski definition) is 2. The molecule has 0 saturated carbocycles. The Morgan fingerprint density at radius 1 is 1.06 bits per heavy atom. The monoisotopic (exact) mass is 419 g/mol. The van der Waals surface area contributed by atoms with Gasteiger partial charge in [-0.05, 0) is 36.2 Å². The third-order valence-corrected chi connectivity index (χ3v) is 5.13. The van der Waals surface area contributed by atoms with Crippen molar-refractivity contribution in [3.63, 3.8) is 0 Å². The Morgan fingerprint density at radius 3 is 2.45 bits per heavy atom. The van der Waals surface area contributed by atoms with E-state index in [1.807, 2.05) is 53.1 Å². The maximum atomic E-state index is 13.0. The number of benzene rings is 2. The third-order valence-electron chi connectivity index (χ3n) is 5.13. The number of para-hydroxylation sites is 2. The van der Waals surface area contributed by atoms with Crippen molar-refractivity contribution in [1.82, 2.24) is 19.9 Å². The van der Waals surface area contributed by atoms with Crippen molar-refractivity contribution in [3.8, 4) is 5.75 Å². The van der Waals surface area contributed by atoms with Crippen molar-refractivity contribution in [2.75, 3.05) is 33.1 Å². The first kappa shape index (κ1) is 20.6. The topological polar surface area (TPSA) is 104 Å². The van der Waals surface area contributed by atoms with Crippen LogP contribution in [-0.4, -0.2) is 47.8 Å². The number of carbonyl (C=O) groups excluding carboxylic acids is 1. The summed E-state index contributed by atoms with van der Waals surface area (Å²) < 4.78 is 12.1.